The molecule has 4 nitrogen and oxygen atoms in total. The van der Waals surface area contributed by atoms with Crippen LogP contribution in [-0.2, 0) is 6.42 Å². The smallest absolute Gasteiger partial charge is 0.170 e. The van der Waals surface area contributed by atoms with E-state index in [0.29, 0.717) is 24.3 Å². The molecule has 0 radical (unpaired) electrons. The van der Waals surface area contributed by atoms with Crippen molar-refractivity contribution in [3.05, 3.63) is 64.7 Å². The fraction of sp³-hybridized carbons (Fsp3) is 0.375. The van der Waals surface area contributed by atoms with Gasteiger partial charge in [-0.25, -0.2) is 0 Å². The van der Waals surface area contributed by atoms with Crippen molar-refractivity contribution in [3.63, 3.8) is 0 Å². The standard InChI is InChI=1S/C24H28O4/c1-5-12-27-19-10-8-17(9-11-19)23-14-21(25)20-13-18(7-6-16(2)3)22(26-4)15-24(20)28-23/h6,8-11,13,15,23H,5,7,12,14H2,1-4H3/t23-/m0/s1. The van der Waals surface area contributed by atoms with Crippen molar-refractivity contribution >= 4 is 5.78 Å². The van der Waals surface area contributed by atoms with Crippen LogP contribution < -0.4 is 14.2 Å². The van der Waals surface area contributed by atoms with Crippen LogP contribution in [0.4, 0.5) is 0 Å². The molecule has 0 unspecified atom stereocenters. The van der Waals surface area contributed by atoms with Gasteiger partial charge in [0.2, 0.25) is 0 Å². The SMILES string of the molecule is CCCOc1ccc([C@@H]2CC(=O)c3cc(CC=C(C)C)c(OC)cc3O2)cc1. The number of benzene rings is 2. The molecule has 0 amide bonds. The summed E-state index contributed by atoms with van der Waals surface area (Å²) in [6, 6.07) is 11.5. The second kappa shape index (κ2) is 8.96. The Labute approximate surface area is 167 Å². The first kappa shape index (κ1) is 20.0. The number of fused-ring (bicyclic) bond motifs is 1. The molecule has 0 fully saturated rings. The van der Waals surface area contributed by atoms with Gasteiger partial charge in [0.25, 0.3) is 0 Å². The maximum Gasteiger partial charge on any atom is 0.170 e. The lowest BCUT2D eigenvalue weighted by Gasteiger charge is -2.27. The predicted octanol–water partition coefficient (Wildman–Crippen LogP) is 5.70. The van der Waals surface area contributed by atoms with Gasteiger partial charge in [0.05, 0.1) is 25.7 Å². The zero-order valence-electron chi connectivity index (χ0n) is 17.1. The van der Waals surface area contributed by atoms with Crippen LogP contribution in [0.3, 0.4) is 0 Å². The molecular formula is C24H28O4. The molecule has 0 aromatic heterocycles. The lowest BCUT2D eigenvalue weighted by Crippen LogP contribution is -2.20. The maximum atomic E-state index is 12.8. The summed E-state index contributed by atoms with van der Waals surface area (Å²) < 4.78 is 17.3. The Morgan fingerprint density at radius 1 is 1.21 bits per heavy atom. The molecule has 2 aromatic carbocycles. The molecule has 3 rings (SSSR count). The van der Waals surface area contributed by atoms with Gasteiger partial charge in [0, 0.05) is 6.07 Å². The van der Waals surface area contributed by atoms with E-state index in [4.69, 9.17) is 14.2 Å². The summed E-state index contributed by atoms with van der Waals surface area (Å²) in [5.41, 5.74) is 3.83. The molecule has 28 heavy (non-hydrogen) atoms. The normalized spacial score (nSPS) is 15.4. The number of rotatable bonds is 7. The molecule has 0 saturated heterocycles. The van der Waals surface area contributed by atoms with Crippen LogP contribution >= 0.6 is 0 Å². The third kappa shape index (κ3) is 4.56. The van der Waals surface area contributed by atoms with Gasteiger partial charge in [-0.15, -0.1) is 0 Å². The van der Waals surface area contributed by atoms with E-state index in [1.54, 1.807) is 7.11 Å². The highest BCUT2D eigenvalue weighted by atomic mass is 16.5. The molecule has 1 aliphatic rings. The van der Waals surface area contributed by atoms with Gasteiger partial charge < -0.3 is 14.2 Å². The number of hydrogen-bond acceptors (Lipinski definition) is 4. The molecule has 2 aromatic rings. The number of methoxy groups -OCH3 is 1. The molecule has 0 saturated carbocycles. The van der Waals surface area contributed by atoms with Crippen LogP contribution in [0.2, 0.25) is 0 Å². The van der Waals surface area contributed by atoms with Crippen LogP contribution in [0.1, 0.15) is 61.2 Å². The first-order valence-corrected chi connectivity index (χ1v) is 9.78. The van der Waals surface area contributed by atoms with Crippen LogP contribution in [0.25, 0.3) is 0 Å². The largest absolute Gasteiger partial charge is 0.496 e. The second-order valence-corrected chi connectivity index (χ2v) is 7.30. The van der Waals surface area contributed by atoms with Crippen molar-refractivity contribution in [2.75, 3.05) is 13.7 Å². The summed E-state index contributed by atoms with van der Waals surface area (Å²) in [4.78, 5) is 12.8. The summed E-state index contributed by atoms with van der Waals surface area (Å²) in [6.07, 6.45) is 3.86. The first-order valence-electron chi connectivity index (χ1n) is 9.78. The maximum absolute atomic E-state index is 12.8. The molecule has 0 bridgehead atoms. The lowest BCUT2D eigenvalue weighted by molar-refractivity contribution is 0.0849. The van der Waals surface area contributed by atoms with Gasteiger partial charge in [0.1, 0.15) is 23.4 Å². The van der Waals surface area contributed by atoms with Gasteiger partial charge >= 0.3 is 0 Å². The van der Waals surface area contributed by atoms with E-state index >= 15 is 0 Å². The number of carbonyl (C=O) groups excluding carboxylic acids is 1. The molecule has 1 heterocycles. The Morgan fingerprint density at radius 2 is 1.96 bits per heavy atom. The van der Waals surface area contributed by atoms with E-state index in [1.807, 2.05) is 36.4 Å². The molecule has 0 spiro atoms. The van der Waals surface area contributed by atoms with Crippen molar-refractivity contribution in [3.8, 4) is 17.2 Å². The third-order valence-corrected chi connectivity index (χ3v) is 4.78. The number of carbonyl (C=O) groups is 1. The summed E-state index contributed by atoms with van der Waals surface area (Å²) in [6.45, 7) is 6.89. The predicted molar refractivity (Wildman–Crippen MR) is 111 cm³/mol. The fourth-order valence-corrected chi connectivity index (χ4v) is 3.24. The first-order chi connectivity index (χ1) is 13.5. The average Bonchev–Trinajstić information content (AvgIpc) is 2.70. The minimum Gasteiger partial charge on any atom is -0.496 e. The van der Waals surface area contributed by atoms with Crippen molar-refractivity contribution in [2.24, 2.45) is 0 Å². The monoisotopic (exact) mass is 380 g/mol. The minimum atomic E-state index is -0.298. The number of ether oxygens (including phenoxy) is 3. The molecule has 1 atom stereocenters. The number of ketones is 1. The highest BCUT2D eigenvalue weighted by Crippen LogP contribution is 2.39. The molecule has 1 aliphatic heterocycles. The van der Waals surface area contributed by atoms with Gasteiger partial charge in [-0.05, 0) is 56.0 Å². The Morgan fingerprint density at radius 3 is 2.61 bits per heavy atom. The zero-order chi connectivity index (χ0) is 20.1. The van der Waals surface area contributed by atoms with Crippen molar-refractivity contribution < 1.29 is 19.0 Å². The average molecular weight is 380 g/mol. The highest BCUT2D eigenvalue weighted by molar-refractivity contribution is 6.00. The van der Waals surface area contributed by atoms with Crippen molar-refractivity contribution in [1.29, 1.82) is 0 Å². The van der Waals surface area contributed by atoms with Gasteiger partial charge in [-0.2, -0.15) is 0 Å². The Hall–Kier alpha value is -2.75. The summed E-state index contributed by atoms with van der Waals surface area (Å²) >= 11 is 0. The van der Waals surface area contributed by atoms with E-state index in [2.05, 4.69) is 26.8 Å². The Kier molecular flexibility index (Phi) is 6.40. The number of allylic oxidation sites excluding steroid dienone is 2. The van der Waals surface area contributed by atoms with Gasteiger partial charge in [-0.1, -0.05) is 30.7 Å². The van der Waals surface area contributed by atoms with Crippen LogP contribution in [0, 0.1) is 0 Å². The van der Waals surface area contributed by atoms with Gasteiger partial charge in [0.15, 0.2) is 5.78 Å². The molecule has 148 valence electrons. The minimum absolute atomic E-state index is 0.0960. The summed E-state index contributed by atoms with van der Waals surface area (Å²) in [5, 5.41) is 0. The van der Waals surface area contributed by atoms with E-state index < -0.39 is 0 Å². The van der Waals surface area contributed by atoms with Crippen molar-refractivity contribution in [2.45, 2.75) is 46.1 Å². The topological polar surface area (TPSA) is 44.8 Å². The van der Waals surface area contributed by atoms with E-state index in [-0.39, 0.29) is 11.9 Å². The zero-order valence-corrected chi connectivity index (χ0v) is 17.1. The lowest BCUT2D eigenvalue weighted by atomic mass is 9.94. The van der Waals surface area contributed by atoms with Crippen LogP contribution in [-0.4, -0.2) is 19.5 Å². The fourth-order valence-electron chi connectivity index (χ4n) is 3.24. The van der Waals surface area contributed by atoms with Gasteiger partial charge in [-0.3, -0.25) is 4.79 Å². The summed E-state index contributed by atoms with van der Waals surface area (Å²) in [7, 11) is 1.64. The van der Waals surface area contributed by atoms with E-state index in [0.717, 1.165) is 35.5 Å². The molecule has 0 N–H and O–H groups in total. The Bertz CT molecular complexity index is 861. The van der Waals surface area contributed by atoms with E-state index in [1.165, 1.54) is 5.57 Å². The Balaban J connectivity index is 1.84. The molecule has 0 aliphatic carbocycles. The van der Waals surface area contributed by atoms with Crippen molar-refractivity contribution in [1.82, 2.24) is 0 Å². The molecule has 4 heteroatoms. The second-order valence-electron chi connectivity index (χ2n) is 7.30. The highest BCUT2D eigenvalue weighted by Gasteiger charge is 2.29. The quantitative estimate of drug-likeness (QED) is 0.578. The molecular weight excluding hydrogens is 352 g/mol. The van der Waals surface area contributed by atoms with E-state index in [9.17, 15) is 4.79 Å². The number of hydrogen-bond donors (Lipinski definition) is 0. The number of Topliss-reactive ketones (excluding diaryl/α,β-unsaturated/α-hetero) is 1. The summed E-state index contributed by atoms with van der Waals surface area (Å²) in [5.74, 6) is 2.26. The third-order valence-electron chi connectivity index (χ3n) is 4.78. The van der Waals surface area contributed by atoms with Crippen LogP contribution in [0.5, 0.6) is 17.2 Å². The van der Waals surface area contributed by atoms with Crippen LogP contribution in [0.15, 0.2) is 48.0 Å².